The molecule has 0 saturated carbocycles. The van der Waals surface area contributed by atoms with Gasteiger partial charge in [-0.05, 0) is 43.9 Å². The summed E-state index contributed by atoms with van der Waals surface area (Å²) >= 11 is 1.68. The average Bonchev–Trinajstić information content (AvgIpc) is 2.67. The van der Waals surface area contributed by atoms with Gasteiger partial charge in [0, 0.05) is 10.9 Å². The summed E-state index contributed by atoms with van der Waals surface area (Å²) in [6.45, 7) is 12.9. The molecule has 1 aromatic heterocycles. The highest BCUT2D eigenvalue weighted by molar-refractivity contribution is 7.99. The predicted molar refractivity (Wildman–Crippen MR) is 91.0 cm³/mol. The van der Waals surface area contributed by atoms with Crippen molar-refractivity contribution in [2.45, 2.75) is 62.9 Å². The highest BCUT2D eigenvalue weighted by Crippen LogP contribution is 2.36. The van der Waals surface area contributed by atoms with Gasteiger partial charge in [0.15, 0.2) is 0 Å². The number of nitrogens with zero attached hydrogens (tertiary/aromatic N) is 2. The SMILES string of the molecule is Cc1nn(C(C)C)c(Sc2ccc(C(C)(C)C)cc2)c1N. The minimum Gasteiger partial charge on any atom is -0.395 e. The van der Waals surface area contributed by atoms with Crippen LogP contribution in [-0.2, 0) is 5.41 Å². The molecule has 0 fully saturated rings. The fourth-order valence-corrected chi connectivity index (χ4v) is 3.22. The number of hydrogen-bond acceptors (Lipinski definition) is 3. The van der Waals surface area contributed by atoms with Crippen molar-refractivity contribution in [3.8, 4) is 0 Å². The van der Waals surface area contributed by atoms with E-state index in [1.54, 1.807) is 11.8 Å². The maximum atomic E-state index is 6.18. The minimum absolute atomic E-state index is 0.179. The third kappa shape index (κ3) is 3.43. The molecule has 2 N–H and O–H groups in total. The maximum Gasteiger partial charge on any atom is 0.122 e. The summed E-state index contributed by atoms with van der Waals surface area (Å²) in [6.07, 6.45) is 0. The van der Waals surface area contributed by atoms with Crippen LogP contribution in [0.4, 0.5) is 5.69 Å². The van der Waals surface area contributed by atoms with E-state index < -0.39 is 0 Å². The lowest BCUT2D eigenvalue weighted by atomic mass is 9.87. The maximum absolute atomic E-state index is 6.18. The van der Waals surface area contributed by atoms with Crippen LogP contribution in [0.15, 0.2) is 34.2 Å². The Kier molecular flexibility index (Phi) is 4.38. The molecule has 4 heteroatoms. The van der Waals surface area contributed by atoms with Crippen molar-refractivity contribution in [1.82, 2.24) is 9.78 Å². The molecule has 0 unspecified atom stereocenters. The van der Waals surface area contributed by atoms with Gasteiger partial charge in [0.25, 0.3) is 0 Å². The molecular weight excluding hydrogens is 278 g/mol. The molecule has 2 aromatic rings. The third-order valence-electron chi connectivity index (χ3n) is 3.51. The second-order valence-corrected chi connectivity index (χ2v) is 7.78. The van der Waals surface area contributed by atoms with Crippen LogP contribution in [-0.4, -0.2) is 9.78 Å². The van der Waals surface area contributed by atoms with Gasteiger partial charge in [-0.2, -0.15) is 5.10 Å². The molecule has 3 nitrogen and oxygen atoms in total. The van der Waals surface area contributed by atoms with Crippen LogP contribution in [0.2, 0.25) is 0 Å². The van der Waals surface area contributed by atoms with Crippen LogP contribution in [0.3, 0.4) is 0 Å². The van der Waals surface area contributed by atoms with Gasteiger partial charge in [0.2, 0.25) is 0 Å². The van der Waals surface area contributed by atoms with E-state index >= 15 is 0 Å². The molecule has 2 rings (SSSR count). The van der Waals surface area contributed by atoms with Crippen molar-refractivity contribution in [2.24, 2.45) is 0 Å². The van der Waals surface area contributed by atoms with Gasteiger partial charge in [-0.1, -0.05) is 44.7 Å². The highest BCUT2D eigenvalue weighted by Gasteiger charge is 2.17. The Balaban J connectivity index is 2.30. The van der Waals surface area contributed by atoms with E-state index in [0.717, 1.165) is 16.4 Å². The van der Waals surface area contributed by atoms with E-state index in [0.29, 0.717) is 6.04 Å². The van der Waals surface area contributed by atoms with Gasteiger partial charge >= 0.3 is 0 Å². The number of nitrogens with two attached hydrogens (primary N) is 1. The van der Waals surface area contributed by atoms with Crippen LogP contribution in [0.1, 0.15) is 51.9 Å². The summed E-state index contributed by atoms with van der Waals surface area (Å²) < 4.78 is 2.01. The Morgan fingerprint density at radius 2 is 1.71 bits per heavy atom. The quantitative estimate of drug-likeness (QED) is 0.885. The summed E-state index contributed by atoms with van der Waals surface area (Å²) in [6, 6.07) is 9.02. The highest BCUT2D eigenvalue weighted by atomic mass is 32.2. The number of aromatic nitrogens is 2. The molecular formula is C17H25N3S. The Labute approximate surface area is 131 Å². The van der Waals surface area contributed by atoms with Crippen LogP contribution in [0.5, 0.6) is 0 Å². The first-order chi connectivity index (χ1) is 9.70. The number of nitrogen functional groups attached to an aromatic ring is 1. The number of aryl methyl sites for hydroxylation is 1. The molecule has 0 bridgehead atoms. The van der Waals surface area contributed by atoms with E-state index in [2.05, 4.69) is 64.0 Å². The van der Waals surface area contributed by atoms with Crippen LogP contribution in [0.25, 0.3) is 0 Å². The predicted octanol–water partition coefficient (Wildman–Crippen LogP) is 4.80. The first-order valence-electron chi connectivity index (χ1n) is 7.33. The topological polar surface area (TPSA) is 43.8 Å². The molecule has 0 aliphatic carbocycles. The summed E-state index contributed by atoms with van der Waals surface area (Å²) in [7, 11) is 0. The van der Waals surface area contributed by atoms with Gasteiger partial charge in [-0.3, -0.25) is 4.68 Å². The molecule has 0 amide bonds. The van der Waals surface area contributed by atoms with E-state index in [-0.39, 0.29) is 5.41 Å². The second-order valence-electron chi connectivity index (χ2n) is 6.72. The van der Waals surface area contributed by atoms with Crippen molar-refractivity contribution in [3.05, 3.63) is 35.5 Å². The van der Waals surface area contributed by atoms with Crippen molar-refractivity contribution in [3.63, 3.8) is 0 Å². The van der Waals surface area contributed by atoms with Crippen LogP contribution in [0, 0.1) is 6.92 Å². The Hall–Kier alpha value is -1.42. The fourth-order valence-electron chi connectivity index (χ4n) is 2.13. The van der Waals surface area contributed by atoms with Gasteiger partial charge in [0.05, 0.1) is 11.4 Å². The Bertz CT molecular complexity index is 619. The zero-order valence-corrected chi connectivity index (χ0v) is 14.6. The summed E-state index contributed by atoms with van der Waals surface area (Å²) in [4.78, 5) is 1.19. The molecule has 0 aliphatic rings. The van der Waals surface area contributed by atoms with Gasteiger partial charge < -0.3 is 5.73 Å². The molecule has 0 spiro atoms. The van der Waals surface area contributed by atoms with E-state index in [9.17, 15) is 0 Å². The molecule has 0 aliphatic heterocycles. The van der Waals surface area contributed by atoms with Gasteiger partial charge in [0.1, 0.15) is 5.03 Å². The van der Waals surface area contributed by atoms with E-state index in [1.807, 2.05) is 11.6 Å². The van der Waals surface area contributed by atoms with Crippen molar-refractivity contribution in [2.75, 3.05) is 5.73 Å². The standard InChI is InChI=1S/C17H25N3S/c1-11(2)20-16(15(18)12(3)19-20)21-14-9-7-13(8-10-14)17(4,5)6/h7-11H,18H2,1-6H3. The van der Waals surface area contributed by atoms with E-state index in [1.165, 1.54) is 10.5 Å². The summed E-state index contributed by atoms with van der Waals surface area (Å²) in [5.74, 6) is 0. The zero-order valence-electron chi connectivity index (χ0n) is 13.8. The van der Waals surface area contributed by atoms with Crippen molar-refractivity contribution >= 4 is 17.4 Å². The monoisotopic (exact) mass is 303 g/mol. The number of rotatable bonds is 3. The average molecular weight is 303 g/mol. The van der Waals surface area contributed by atoms with Crippen molar-refractivity contribution in [1.29, 1.82) is 0 Å². The first kappa shape index (κ1) is 16.0. The van der Waals surface area contributed by atoms with Crippen molar-refractivity contribution < 1.29 is 0 Å². The molecule has 0 saturated heterocycles. The zero-order chi connectivity index (χ0) is 15.8. The number of hydrogen-bond donors (Lipinski definition) is 1. The molecule has 0 atom stereocenters. The molecule has 21 heavy (non-hydrogen) atoms. The fraction of sp³-hybridized carbons (Fsp3) is 0.471. The minimum atomic E-state index is 0.179. The molecule has 1 heterocycles. The molecule has 114 valence electrons. The lowest BCUT2D eigenvalue weighted by Crippen LogP contribution is -2.10. The first-order valence-corrected chi connectivity index (χ1v) is 8.14. The summed E-state index contributed by atoms with van der Waals surface area (Å²) in [5, 5.41) is 5.57. The lowest BCUT2D eigenvalue weighted by Gasteiger charge is -2.19. The third-order valence-corrected chi connectivity index (χ3v) is 4.62. The second kappa shape index (κ2) is 5.76. The molecule has 1 aromatic carbocycles. The normalized spacial score (nSPS) is 12.1. The van der Waals surface area contributed by atoms with E-state index in [4.69, 9.17) is 5.73 Å². The van der Waals surface area contributed by atoms with Crippen LogP contribution < -0.4 is 5.73 Å². The Morgan fingerprint density at radius 3 is 2.19 bits per heavy atom. The van der Waals surface area contributed by atoms with Gasteiger partial charge in [-0.15, -0.1) is 0 Å². The summed E-state index contributed by atoms with van der Waals surface area (Å²) in [5.41, 5.74) is 9.39. The number of anilines is 1. The number of benzene rings is 1. The largest absolute Gasteiger partial charge is 0.395 e. The lowest BCUT2D eigenvalue weighted by molar-refractivity contribution is 0.491. The Morgan fingerprint density at radius 1 is 1.14 bits per heavy atom. The van der Waals surface area contributed by atoms with Gasteiger partial charge in [-0.25, -0.2) is 0 Å². The molecule has 0 radical (unpaired) electrons. The smallest absolute Gasteiger partial charge is 0.122 e. The van der Waals surface area contributed by atoms with Crippen LogP contribution >= 0.6 is 11.8 Å².